The van der Waals surface area contributed by atoms with Gasteiger partial charge in [0.15, 0.2) is 0 Å². The highest BCUT2D eigenvalue weighted by Gasteiger charge is 2.40. The van der Waals surface area contributed by atoms with Crippen LogP contribution in [0.4, 0.5) is 0 Å². The van der Waals surface area contributed by atoms with E-state index in [4.69, 9.17) is 16.6 Å². The average Bonchev–Trinajstić information content (AvgIpc) is 2.27. The van der Waals surface area contributed by atoms with E-state index in [0.717, 1.165) is 19.3 Å². The van der Waals surface area contributed by atoms with Gasteiger partial charge in [-0.05, 0) is 31.1 Å². The first-order valence-electron chi connectivity index (χ1n) is 6.02. The van der Waals surface area contributed by atoms with E-state index in [0.29, 0.717) is 6.42 Å². The second-order valence-electron chi connectivity index (χ2n) is 5.07. The number of aliphatic carboxylic acids is 1. The molecule has 0 aromatic heterocycles. The second-order valence-corrected chi connectivity index (χ2v) is 5.07. The maximum absolute atomic E-state index is 11.0. The predicted octanol–water partition coefficient (Wildman–Crippen LogP) is 1.72. The normalized spacial score (nSPS) is 17.9. The molecule has 0 aliphatic rings. The molecule has 96 valence electrons. The van der Waals surface area contributed by atoms with Crippen LogP contribution in [-0.4, -0.2) is 22.7 Å². The maximum Gasteiger partial charge on any atom is 0.321 e. The number of hydrogen-bond donors (Lipinski definition) is 3. The van der Waals surface area contributed by atoms with Crippen LogP contribution in [0.15, 0.2) is 0 Å². The summed E-state index contributed by atoms with van der Waals surface area (Å²) in [7, 11) is 0. The molecule has 2 unspecified atom stereocenters. The number of hydrogen-bond acceptors (Lipinski definition) is 3. The third kappa shape index (κ3) is 3.46. The van der Waals surface area contributed by atoms with Crippen LogP contribution in [0, 0.1) is 5.41 Å². The number of rotatable bonds is 7. The minimum atomic E-state index is -0.945. The fourth-order valence-electron chi connectivity index (χ4n) is 2.06. The van der Waals surface area contributed by atoms with Crippen LogP contribution in [0.25, 0.3) is 0 Å². The molecule has 0 amide bonds. The molecule has 0 spiro atoms. The largest absolute Gasteiger partial charge is 0.480 e. The smallest absolute Gasteiger partial charge is 0.321 e. The van der Waals surface area contributed by atoms with Crippen molar-refractivity contribution in [1.29, 1.82) is 0 Å². The molecule has 0 heterocycles. The van der Waals surface area contributed by atoms with Gasteiger partial charge in [-0.2, -0.15) is 0 Å². The van der Waals surface area contributed by atoms with Crippen molar-refractivity contribution in [2.75, 3.05) is 0 Å². The van der Waals surface area contributed by atoms with E-state index in [9.17, 15) is 4.79 Å². The van der Waals surface area contributed by atoms with Crippen LogP contribution < -0.4 is 11.5 Å². The summed E-state index contributed by atoms with van der Waals surface area (Å²) >= 11 is 0. The topological polar surface area (TPSA) is 89.3 Å². The minimum Gasteiger partial charge on any atom is -0.480 e. The first-order chi connectivity index (χ1) is 7.24. The van der Waals surface area contributed by atoms with Gasteiger partial charge in [0.2, 0.25) is 0 Å². The summed E-state index contributed by atoms with van der Waals surface area (Å²) in [5, 5.41) is 9.03. The van der Waals surface area contributed by atoms with Gasteiger partial charge in [-0.3, -0.25) is 4.79 Å². The summed E-state index contributed by atoms with van der Waals surface area (Å²) in [6.45, 7) is 7.95. The highest BCUT2D eigenvalue weighted by atomic mass is 16.4. The molecule has 0 aliphatic heterocycles. The van der Waals surface area contributed by atoms with Crippen LogP contribution >= 0.6 is 0 Å². The highest BCUT2D eigenvalue weighted by Crippen LogP contribution is 2.36. The van der Waals surface area contributed by atoms with E-state index in [-0.39, 0.29) is 5.54 Å². The van der Waals surface area contributed by atoms with Gasteiger partial charge in [-0.15, -0.1) is 0 Å². The van der Waals surface area contributed by atoms with Crippen molar-refractivity contribution in [1.82, 2.24) is 0 Å². The minimum absolute atomic E-state index is 0.308. The molecular weight excluding hydrogens is 204 g/mol. The van der Waals surface area contributed by atoms with Crippen molar-refractivity contribution < 1.29 is 9.90 Å². The van der Waals surface area contributed by atoms with E-state index < -0.39 is 17.4 Å². The monoisotopic (exact) mass is 230 g/mol. The van der Waals surface area contributed by atoms with Crippen molar-refractivity contribution in [3.8, 4) is 0 Å². The molecular formula is C12H26N2O2. The molecule has 5 N–H and O–H groups in total. The summed E-state index contributed by atoms with van der Waals surface area (Å²) in [5.41, 5.74) is 11.3. The van der Waals surface area contributed by atoms with Crippen molar-refractivity contribution in [3.05, 3.63) is 0 Å². The molecule has 0 saturated carbocycles. The van der Waals surface area contributed by atoms with Crippen molar-refractivity contribution in [2.45, 2.75) is 65.0 Å². The Bertz CT molecular complexity index is 239. The van der Waals surface area contributed by atoms with Gasteiger partial charge >= 0.3 is 5.97 Å². The lowest BCUT2D eigenvalue weighted by atomic mass is 9.69. The summed E-state index contributed by atoms with van der Waals surface area (Å²) in [6.07, 6.45) is 3.05. The molecule has 4 nitrogen and oxygen atoms in total. The summed E-state index contributed by atoms with van der Waals surface area (Å²) in [4.78, 5) is 11.0. The molecule has 0 aromatic rings. The van der Waals surface area contributed by atoms with Crippen LogP contribution in [-0.2, 0) is 4.79 Å². The zero-order valence-corrected chi connectivity index (χ0v) is 10.9. The number of nitrogens with two attached hydrogens (primary N) is 2. The van der Waals surface area contributed by atoms with Gasteiger partial charge in [0.05, 0.1) is 0 Å². The van der Waals surface area contributed by atoms with E-state index in [1.807, 2.05) is 27.7 Å². The molecule has 0 radical (unpaired) electrons. The summed E-state index contributed by atoms with van der Waals surface area (Å²) in [5.74, 6) is -0.945. The Hall–Kier alpha value is -0.610. The molecule has 0 aromatic carbocycles. The van der Waals surface area contributed by atoms with Crippen molar-refractivity contribution >= 4 is 5.97 Å². The van der Waals surface area contributed by atoms with Crippen LogP contribution in [0.5, 0.6) is 0 Å². The van der Waals surface area contributed by atoms with Crippen LogP contribution in [0.1, 0.15) is 53.4 Å². The van der Waals surface area contributed by atoms with E-state index in [1.165, 1.54) is 0 Å². The predicted molar refractivity (Wildman–Crippen MR) is 66.1 cm³/mol. The lowest BCUT2D eigenvalue weighted by Crippen LogP contribution is -2.52. The second kappa shape index (κ2) is 5.64. The molecule has 0 rings (SSSR count). The Morgan fingerprint density at radius 3 is 1.94 bits per heavy atom. The third-order valence-electron chi connectivity index (χ3n) is 3.99. The maximum atomic E-state index is 11.0. The van der Waals surface area contributed by atoms with Gasteiger partial charge in [-0.1, -0.05) is 27.7 Å². The highest BCUT2D eigenvalue weighted by molar-refractivity contribution is 5.74. The van der Waals surface area contributed by atoms with Gasteiger partial charge < -0.3 is 16.6 Å². The Kier molecular flexibility index (Phi) is 5.42. The Morgan fingerprint density at radius 1 is 1.25 bits per heavy atom. The molecule has 16 heavy (non-hydrogen) atoms. The first kappa shape index (κ1) is 15.4. The summed E-state index contributed by atoms with van der Waals surface area (Å²) < 4.78 is 0. The molecule has 0 saturated heterocycles. The molecule has 0 bridgehead atoms. The SMILES string of the molecule is CCC(N)(CC)CC(C)(CC)C(N)C(=O)O. The van der Waals surface area contributed by atoms with Gasteiger partial charge in [0, 0.05) is 5.54 Å². The number of carboxylic acids is 1. The molecule has 2 atom stereocenters. The Morgan fingerprint density at radius 2 is 1.69 bits per heavy atom. The average molecular weight is 230 g/mol. The van der Waals surface area contributed by atoms with Crippen molar-refractivity contribution in [2.24, 2.45) is 16.9 Å². The molecule has 0 fully saturated rings. The first-order valence-corrected chi connectivity index (χ1v) is 6.02. The Balaban J connectivity index is 4.91. The standard InChI is InChI=1S/C12H26N2O2/c1-5-11(4,9(13)10(15)16)8-12(14,6-2)7-3/h9H,5-8,13-14H2,1-4H3,(H,15,16). The van der Waals surface area contributed by atoms with E-state index >= 15 is 0 Å². The van der Waals surface area contributed by atoms with Crippen LogP contribution in [0.2, 0.25) is 0 Å². The lowest BCUT2D eigenvalue weighted by Gasteiger charge is -2.40. The van der Waals surface area contributed by atoms with Gasteiger partial charge in [0.25, 0.3) is 0 Å². The van der Waals surface area contributed by atoms with E-state index in [2.05, 4.69) is 0 Å². The lowest BCUT2D eigenvalue weighted by molar-refractivity contribution is -0.142. The molecule has 0 aliphatic carbocycles. The zero-order valence-electron chi connectivity index (χ0n) is 10.9. The van der Waals surface area contributed by atoms with Gasteiger partial charge in [-0.25, -0.2) is 0 Å². The van der Waals surface area contributed by atoms with Crippen molar-refractivity contribution in [3.63, 3.8) is 0 Å². The van der Waals surface area contributed by atoms with E-state index in [1.54, 1.807) is 0 Å². The fraction of sp³-hybridized carbons (Fsp3) is 0.917. The Labute approximate surface area is 98.4 Å². The molecule has 4 heteroatoms. The number of carboxylic acid groups (broad SMARTS) is 1. The summed E-state index contributed by atoms with van der Waals surface area (Å²) in [6, 6.07) is -0.849. The zero-order chi connectivity index (χ0) is 13.0. The van der Waals surface area contributed by atoms with Gasteiger partial charge in [0.1, 0.15) is 6.04 Å². The fourth-order valence-corrected chi connectivity index (χ4v) is 2.06. The quantitative estimate of drug-likeness (QED) is 0.621. The number of carbonyl (C=O) groups is 1. The third-order valence-corrected chi connectivity index (χ3v) is 3.99. The van der Waals surface area contributed by atoms with Crippen LogP contribution in [0.3, 0.4) is 0 Å².